The third-order valence-corrected chi connectivity index (χ3v) is 3.16. The second kappa shape index (κ2) is 5.14. The SMILES string of the molecule is Cc1nc(C(Nc2ccc(F)cc2)C(N)=O)cs1. The largest absolute Gasteiger partial charge is 0.369 e. The Balaban J connectivity index is 2.22. The molecule has 0 saturated carbocycles. The van der Waals surface area contributed by atoms with Crippen molar-refractivity contribution in [1.82, 2.24) is 4.98 Å². The van der Waals surface area contributed by atoms with Crippen molar-refractivity contribution in [3.05, 3.63) is 46.2 Å². The van der Waals surface area contributed by atoms with Crippen molar-refractivity contribution >= 4 is 22.9 Å². The van der Waals surface area contributed by atoms with Crippen LogP contribution < -0.4 is 11.1 Å². The van der Waals surface area contributed by atoms with Crippen LogP contribution in [0.3, 0.4) is 0 Å². The van der Waals surface area contributed by atoms with Crippen LogP contribution in [0.1, 0.15) is 16.7 Å². The molecule has 1 atom stereocenters. The zero-order chi connectivity index (χ0) is 13.1. The highest BCUT2D eigenvalue weighted by molar-refractivity contribution is 7.09. The first-order chi connectivity index (χ1) is 8.56. The number of nitrogens with one attached hydrogen (secondary N) is 1. The fourth-order valence-electron chi connectivity index (χ4n) is 1.52. The van der Waals surface area contributed by atoms with Gasteiger partial charge in [-0.3, -0.25) is 4.79 Å². The quantitative estimate of drug-likeness (QED) is 0.890. The molecular formula is C12H12FN3OS. The number of halogens is 1. The molecule has 0 bridgehead atoms. The Kier molecular flexibility index (Phi) is 3.57. The molecule has 0 aliphatic rings. The summed E-state index contributed by atoms with van der Waals surface area (Å²) in [4.78, 5) is 15.7. The van der Waals surface area contributed by atoms with Crippen LogP contribution >= 0.6 is 11.3 Å². The minimum absolute atomic E-state index is 0.333. The molecule has 94 valence electrons. The van der Waals surface area contributed by atoms with Gasteiger partial charge < -0.3 is 11.1 Å². The normalized spacial score (nSPS) is 12.1. The van der Waals surface area contributed by atoms with Crippen LogP contribution in [0, 0.1) is 12.7 Å². The van der Waals surface area contributed by atoms with E-state index in [2.05, 4.69) is 10.3 Å². The first-order valence-electron chi connectivity index (χ1n) is 5.29. The fraction of sp³-hybridized carbons (Fsp3) is 0.167. The smallest absolute Gasteiger partial charge is 0.246 e. The van der Waals surface area contributed by atoms with Gasteiger partial charge in [-0.05, 0) is 31.2 Å². The lowest BCUT2D eigenvalue weighted by Gasteiger charge is -2.14. The Hall–Kier alpha value is -1.95. The minimum atomic E-state index is -0.708. The van der Waals surface area contributed by atoms with E-state index in [0.717, 1.165) is 5.01 Å². The average Bonchev–Trinajstić information content (AvgIpc) is 2.74. The number of rotatable bonds is 4. The van der Waals surface area contributed by atoms with Crippen LogP contribution in [0.4, 0.5) is 10.1 Å². The van der Waals surface area contributed by atoms with E-state index in [1.807, 2.05) is 6.92 Å². The summed E-state index contributed by atoms with van der Waals surface area (Å²) in [6, 6.07) is 5.01. The van der Waals surface area contributed by atoms with Gasteiger partial charge in [0.15, 0.2) is 0 Å². The molecular weight excluding hydrogens is 253 g/mol. The van der Waals surface area contributed by atoms with Crippen LogP contribution in [0.2, 0.25) is 0 Å². The zero-order valence-electron chi connectivity index (χ0n) is 9.68. The number of nitrogens with zero attached hydrogens (tertiary/aromatic N) is 1. The van der Waals surface area contributed by atoms with Crippen molar-refractivity contribution in [2.75, 3.05) is 5.32 Å². The molecule has 0 aliphatic carbocycles. The Morgan fingerprint density at radius 2 is 2.11 bits per heavy atom. The molecule has 1 unspecified atom stereocenters. The summed E-state index contributed by atoms with van der Waals surface area (Å²) in [5.74, 6) is -0.856. The Bertz CT molecular complexity index is 553. The first-order valence-corrected chi connectivity index (χ1v) is 6.17. The molecule has 18 heavy (non-hydrogen) atoms. The number of aryl methyl sites for hydroxylation is 1. The maximum absolute atomic E-state index is 12.8. The Morgan fingerprint density at radius 1 is 1.44 bits per heavy atom. The van der Waals surface area contributed by atoms with Crippen LogP contribution in [-0.2, 0) is 4.79 Å². The monoisotopic (exact) mass is 265 g/mol. The molecule has 1 amide bonds. The number of primary amides is 1. The topological polar surface area (TPSA) is 68.0 Å². The number of aromatic nitrogens is 1. The highest BCUT2D eigenvalue weighted by atomic mass is 32.1. The predicted molar refractivity (Wildman–Crippen MR) is 68.8 cm³/mol. The lowest BCUT2D eigenvalue weighted by atomic mass is 10.2. The van der Waals surface area contributed by atoms with Gasteiger partial charge in [-0.25, -0.2) is 9.37 Å². The molecule has 4 nitrogen and oxygen atoms in total. The van der Waals surface area contributed by atoms with Gasteiger partial charge >= 0.3 is 0 Å². The maximum atomic E-state index is 12.8. The molecule has 2 aromatic rings. The van der Waals surface area contributed by atoms with E-state index in [9.17, 15) is 9.18 Å². The van der Waals surface area contributed by atoms with Crippen LogP contribution in [0.5, 0.6) is 0 Å². The summed E-state index contributed by atoms with van der Waals surface area (Å²) in [6.45, 7) is 1.85. The number of nitrogens with two attached hydrogens (primary N) is 1. The molecule has 0 aliphatic heterocycles. The Morgan fingerprint density at radius 3 is 2.61 bits per heavy atom. The summed E-state index contributed by atoms with van der Waals surface area (Å²) in [7, 11) is 0. The maximum Gasteiger partial charge on any atom is 0.246 e. The van der Waals surface area contributed by atoms with E-state index >= 15 is 0 Å². The minimum Gasteiger partial charge on any atom is -0.369 e. The lowest BCUT2D eigenvalue weighted by Crippen LogP contribution is -2.28. The first kappa shape index (κ1) is 12.5. The summed E-state index contributed by atoms with van der Waals surface area (Å²) >= 11 is 1.44. The number of benzene rings is 1. The average molecular weight is 265 g/mol. The van der Waals surface area contributed by atoms with Crippen molar-refractivity contribution in [3.8, 4) is 0 Å². The van der Waals surface area contributed by atoms with E-state index in [-0.39, 0.29) is 5.82 Å². The molecule has 1 aromatic heterocycles. The number of amides is 1. The predicted octanol–water partition coefficient (Wildman–Crippen LogP) is 2.23. The van der Waals surface area contributed by atoms with Crippen LogP contribution in [0.25, 0.3) is 0 Å². The molecule has 0 radical (unpaired) electrons. The summed E-state index contributed by atoms with van der Waals surface area (Å²) in [5.41, 5.74) is 6.54. The molecule has 0 saturated heterocycles. The molecule has 6 heteroatoms. The van der Waals surface area contributed by atoms with Gasteiger partial charge in [0, 0.05) is 11.1 Å². The third kappa shape index (κ3) is 2.84. The van der Waals surface area contributed by atoms with Crippen molar-refractivity contribution in [2.45, 2.75) is 13.0 Å². The highest BCUT2D eigenvalue weighted by Crippen LogP contribution is 2.21. The number of hydrogen-bond donors (Lipinski definition) is 2. The molecule has 1 heterocycles. The van der Waals surface area contributed by atoms with E-state index in [1.165, 1.54) is 23.5 Å². The van der Waals surface area contributed by atoms with Gasteiger partial charge in [-0.15, -0.1) is 11.3 Å². The number of carbonyl (C=O) groups is 1. The van der Waals surface area contributed by atoms with E-state index < -0.39 is 11.9 Å². The molecule has 1 aromatic carbocycles. The Labute approximate surface area is 108 Å². The summed E-state index contributed by atoms with van der Waals surface area (Å²) in [5, 5.41) is 5.58. The second-order valence-corrected chi connectivity index (χ2v) is 4.84. The van der Waals surface area contributed by atoms with Crippen molar-refractivity contribution < 1.29 is 9.18 Å². The molecule has 0 fully saturated rings. The van der Waals surface area contributed by atoms with Crippen molar-refractivity contribution in [1.29, 1.82) is 0 Å². The molecule has 0 spiro atoms. The van der Waals surface area contributed by atoms with Crippen LogP contribution in [0.15, 0.2) is 29.6 Å². The summed E-state index contributed by atoms with van der Waals surface area (Å²) in [6.07, 6.45) is 0. The van der Waals surface area contributed by atoms with Gasteiger partial charge in [-0.2, -0.15) is 0 Å². The zero-order valence-corrected chi connectivity index (χ0v) is 10.5. The van der Waals surface area contributed by atoms with Crippen molar-refractivity contribution in [2.24, 2.45) is 5.73 Å². The van der Waals surface area contributed by atoms with E-state index in [4.69, 9.17) is 5.73 Å². The van der Waals surface area contributed by atoms with Gasteiger partial charge in [0.2, 0.25) is 5.91 Å². The molecule has 2 rings (SSSR count). The summed E-state index contributed by atoms with van der Waals surface area (Å²) < 4.78 is 12.8. The van der Waals surface area contributed by atoms with Crippen molar-refractivity contribution in [3.63, 3.8) is 0 Å². The highest BCUT2D eigenvalue weighted by Gasteiger charge is 2.20. The van der Waals surface area contributed by atoms with Gasteiger partial charge in [0.25, 0.3) is 0 Å². The number of carbonyl (C=O) groups excluding carboxylic acids is 1. The molecule has 3 N–H and O–H groups in total. The van der Waals surface area contributed by atoms with Gasteiger partial charge in [0.05, 0.1) is 10.7 Å². The van der Waals surface area contributed by atoms with Gasteiger partial charge in [-0.1, -0.05) is 0 Å². The fourth-order valence-corrected chi connectivity index (χ4v) is 2.15. The number of hydrogen-bond acceptors (Lipinski definition) is 4. The lowest BCUT2D eigenvalue weighted by molar-refractivity contribution is -0.118. The second-order valence-electron chi connectivity index (χ2n) is 3.78. The number of thiazole rings is 1. The van der Waals surface area contributed by atoms with E-state index in [0.29, 0.717) is 11.4 Å². The standard InChI is InChI=1S/C12H12FN3OS/c1-7-15-10(6-18-7)11(12(14)17)16-9-4-2-8(13)3-5-9/h2-6,11,16H,1H3,(H2,14,17). The van der Waals surface area contributed by atoms with Gasteiger partial charge in [0.1, 0.15) is 11.9 Å². The van der Waals surface area contributed by atoms with E-state index in [1.54, 1.807) is 17.5 Å². The third-order valence-electron chi connectivity index (χ3n) is 2.37. The van der Waals surface area contributed by atoms with Crippen LogP contribution in [-0.4, -0.2) is 10.9 Å². The number of anilines is 1.